The SMILES string of the molecule is CNC(=O)ON=C(c1cccnc1)C1CCCS1(=O)=O. The number of hydrogen-bond donors (Lipinski definition) is 1. The summed E-state index contributed by atoms with van der Waals surface area (Å²) in [5.41, 5.74) is 0.756. The first-order valence-corrected chi connectivity index (χ1v) is 7.84. The molecule has 1 atom stereocenters. The third kappa shape index (κ3) is 3.13. The standard InChI is InChI=1S/C12H15N3O4S/c1-13-12(16)19-15-11(9-4-2-6-14-8-9)10-5-3-7-20(10,17)18/h2,4,6,8,10H,3,5,7H2,1H3,(H,13,16). The van der Waals surface area contributed by atoms with Crippen LogP contribution >= 0.6 is 0 Å². The van der Waals surface area contributed by atoms with Crippen molar-refractivity contribution in [1.82, 2.24) is 10.3 Å². The van der Waals surface area contributed by atoms with Gasteiger partial charge in [-0.15, -0.1) is 0 Å². The lowest BCUT2D eigenvalue weighted by atomic mass is 10.1. The molecule has 1 fully saturated rings. The molecular formula is C12H15N3O4S. The lowest BCUT2D eigenvalue weighted by Gasteiger charge is -2.12. The summed E-state index contributed by atoms with van der Waals surface area (Å²) in [4.78, 5) is 19.7. The molecule has 1 saturated heterocycles. The number of hydrogen-bond acceptors (Lipinski definition) is 6. The van der Waals surface area contributed by atoms with Crippen LogP contribution < -0.4 is 5.32 Å². The number of carbonyl (C=O) groups is 1. The fraction of sp³-hybridized carbons (Fsp3) is 0.417. The number of aromatic nitrogens is 1. The maximum atomic E-state index is 12.0. The molecule has 1 aliphatic rings. The molecule has 8 heteroatoms. The van der Waals surface area contributed by atoms with E-state index in [0.717, 1.165) is 0 Å². The smallest absolute Gasteiger partial charge is 0.323 e. The van der Waals surface area contributed by atoms with Gasteiger partial charge in [0, 0.05) is 25.0 Å². The summed E-state index contributed by atoms with van der Waals surface area (Å²) in [7, 11) is -1.86. The molecule has 0 radical (unpaired) electrons. The van der Waals surface area contributed by atoms with Gasteiger partial charge in [0.1, 0.15) is 11.0 Å². The molecule has 7 nitrogen and oxygen atoms in total. The summed E-state index contributed by atoms with van der Waals surface area (Å²) < 4.78 is 24.1. The van der Waals surface area contributed by atoms with E-state index in [1.54, 1.807) is 18.3 Å². The van der Waals surface area contributed by atoms with Crippen molar-refractivity contribution in [2.75, 3.05) is 12.8 Å². The van der Waals surface area contributed by atoms with Crippen LogP contribution in [-0.2, 0) is 14.7 Å². The summed E-state index contributed by atoms with van der Waals surface area (Å²) in [6.07, 6.45) is 3.37. The number of pyridine rings is 1. The highest BCUT2D eigenvalue weighted by atomic mass is 32.2. The molecule has 1 amide bonds. The third-order valence-corrected chi connectivity index (χ3v) is 5.21. The summed E-state index contributed by atoms with van der Waals surface area (Å²) in [5.74, 6) is 0.122. The number of amides is 1. The highest BCUT2D eigenvalue weighted by Crippen LogP contribution is 2.24. The summed E-state index contributed by atoms with van der Waals surface area (Å²) in [5, 5.41) is 5.22. The Morgan fingerprint density at radius 1 is 1.55 bits per heavy atom. The van der Waals surface area contributed by atoms with Crippen LogP contribution in [-0.4, -0.2) is 43.3 Å². The van der Waals surface area contributed by atoms with Crippen molar-refractivity contribution in [2.24, 2.45) is 5.16 Å². The fourth-order valence-electron chi connectivity index (χ4n) is 2.05. The van der Waals surface area contributed by atoms with Gasteiger partial charge < -0.3 is 5.32 Å². The number of nitrogens with zero attached hydrogens (tertiary/aromatic N) is 2. The second kappa shape index (κ2) is 6.00. The molecule has 20 heavy (non-hydrogen) atoms. The molecule has 0 aromatic carbocycles. The van der Waals surface area contributed by atoms with Crippen molar-refractivity contribution < 1.29 is 18.0 Å². The number of nitrogens with one attached hydrogen (secondary N) is 1. The predicted octanol–water partition coefficient (Wildman–Crippen LogP) is 0.719. The topological polar surface area (TPSA) is 97.7 Å². The molecule has 2 rings (SSSR count). The first-order valence-electron chi connectivity index (χ1n) is 6.13. The van der Waals surface area contributed by atoms with Gasteiger partial charge in [0.15, 0.2) is 9.84 Å². The Kier molecular flexibility index (Phi) is 4.33. The second-order valence-electron chi connectivity index (χ2n) is 4.34. The van der Waals surface area contributed by atoms with Crippen LogP contribution in [0.3, 0.4) is 0 Å². The average Bonchev–Trinajstić information content (AvgIpc) is 2.80. The summed E-state index contributed by atoms with van der Waals surface area (Å²) in [6, 6.07) is 3.36. The molecule has 0 aliphatic carbocycles. The van der Waals surface area contributed by atoms with Gasteiger partial charge in [-0.1, -0.05) is 5.16 Å². The van der Waals surface area contributed by atoms with Gasteiger partial charge >= 0.3 is 6.09 Å². The molecule has 0 bridgehead atoms. The van der Waals surface area contributed by atoms with E-state index in [-0.39, 0.29) is 11.5 Å². The van der Waals surface area contributed by atoms with Gasteiger partial charge in [-0.3, -0.25) is 9.82 Å². The number of rotatable bonds is 3. The zero-order valence-corrected chi connectivity index (χ0v) is 11.8. The average molecular weight is 297 g/mol. The minimum Gasteiger partial charge on any atom is -0.323 e. The molecule has 1 aliphatic heterocycles. The molecule has 1 aromatic rings. The fourth-order valence-corrected chi connectivity index (χ4v) is 3.95. The van der Waals surface area contributed by atoms with Crippen LogP contribution in [0.15, 0.2) is 29.7 Å². The van der Waals surface area contributed by atoms with Crippen molar-refractivity contribution >= 4 is 21.6 Å². The highest BCUT2D eigenvalue weighted by Gasteiger charge is 2.36. The lowest BCUT2D eigenvalue weighted by molar-refractivity contribution is 0.153. The number of oxime groups is 1. The van der Waals surface area contributed by atoms with Crippen molar-refractivity contribution in [1.29, 1.82) is 0 Å². The zero-order chi connectivity index (χ0) is 14.6. The lowest BCUT2D eigenvalue weighted by Crippen LogP contribution is -2.28. The summed E-state index contributed by atoms with van der Waals surface area (Å²) in [6.45, 7) is 0. The van der Waals surface area contributed by atoms with E-state index >= 15 is 0 Å². The second-order valence-corrected chi connectivity index (χ2v) is 6.65. The van der Waals surface area contributed by atoms with Gasteiger partial charge in [-0.05, 0) is 25.0 Å². The van der Waals surface area contributed by atoms with Gasteiger partial charge in [0.25, 0.3) is 0 Å². The minimum absolute atomic E-state index is 0.122. The largest absolute Gasteiger partial charge is 0.433 e. The van der Waals surface area contributed by atoms with Crippen molar-refractivity contribution in [3.8, 4) is 0 Å². The van der Waals surface area contributed by atoms with Crippen molar-refractivity contribution in [2.45, 2.75) is 18.1 Å². The Labute approximate surface area is 116 Å². The first-order chi connectivity index (χ1) is 9.54. The number of carbonyl (C=O) groups excluding carboxylic acids is 1. The molecule has 0 spiro atoms. The van der Waals surface area contributed by atoms with Crippen LogP contribution in [0, 0.1) is 0 Å². The van der Waals surface area contributed by atoms with Crippen LogP contribution in [0.4, 0.5) is 4.79 Å². The normalized spacial score (nSPS) is 21.4. The van der Waals surface area contributed by atoms with E-state index in [1.165, 1.54) is 13.2 Å². The Balaban J connectivity index is 2.37. The van der Waals surface area contributed by atoms with Crippen LogP contribution in [0.25, 0.3) is 0 Å². The maximum Gasteiger partial charge on any atom is 0.433 e. The minimum atomic E-state index is -3.26. The maximum absolute atomic E-state index is 12.0. The van der Waals surface area contributed by atoms with Gasteiger partial charge in [-0.2, -0.15) is 0 Å². The molecule has 1 aromatic heterocycles. The van der Waals surface area contributed by atoms with E-state index in [2.05, 4.69) is 20.3 Å². The van der Waals surface area contributed by atoms with Crippen molar-refractivity contribution in [3.63, 3.8) is 0 Å². The third-order valence-electron chi connectivity index (χ3n) is 3.02. The molecule has 0 saturated carbocycles. The molecule has 2 heterocycles. The Hall–Kier alpha value is -1.96. The monoisotopic (exact) mass is 297 g/mol. The van der Waals surface area contributed by atoms with E-state index in [4.69, 9.17) is 0 Å². The van der Waals surface area contributed by atoms with E-state index < -0.39 is 21.2 Å². The molecule has 1 N–H and O–H groups in total. The van der Waals surface area contributed by atoms with Gasteiger partial charge in [-0.25, -0.2) is 13.2 Å². The Morgan fingerprint density at radius 2 is 2.35 bits per heavy atom. The first kappa shape index (κ1) is 14.4. The number of sulfone groups is 1. The van der Waals surface area contributed by atoms with E-state index in [9.17, 15) is 13.2 Å². The molecule has 1 unspecified atom stereocenters. The van der Waals surface area contributed by atoms with Gasteiger partial charge in [0.05, 0.1) is 5.75 Å². The van der Waals surface area contributed by atoms with Crippen LogP contribution in [0.5, 0.6) is 0 Å². The molecular weight excluding hydrogens is 282 g/mol. The van der Waals surface area contributed by atoms with Crippen LogP contribution in [0.1, 0.15) is 18.4 Å². The van der Waals surface area contributed by atoms with Crippen molar-refractivity contribution in [3.05, 3.63) is 30.1 Å². The quantitative estimate of drug-likeness (QED) is 0.503. The predicted molar refractivity (Wildman–Crippen MR) is 73.1 cm³/mol. The Morgan fingerprint density at radius 3 is 2.90 bits per heavy atom. The van der Waals surface area contributed by atoms with Crippen LogP contribution in [0.2, 0.25) is 0 Å². The highest BCUT2D eigenvalue weighted by molar-refractivity contribution is 7.93. The summed E-state index contributed by atoms with van der Waals surface area (Å²) >= 11 is 0. The Bertz CT molecular complexity index is 613. The van der Waals surface area contributed by atoms with E-state index in [0.29, 0.717) is 18.4 Å². The zero-order valence-electron chi connectivity index (χ0n) is 10.9. The van der Waals surface area contributed by atoms with E-state index in [1.807, 2.05) is 0 Å². The molecule has 108 valence electrons. The van der Waals surface area contributed by atoms with Gasteiger partial charge in [0.2, 0.25) is 0 Å².